The van der Waals surface area contributed by atoms with E-state index in [1.165, 1.54) is 31.2 Å². The van der Waals surface area contributed by atoms with Crippen molar-refractivity contribution in [2.75, 3.05) is 6.54 Å². The summed E-state index contributed by atoms with van der Waals surface area (Å²) in [5, 5.41) is 0. The van der Waals surface area contributed by atoms with Gasteiger partial charge in [-0.25, -0.2) is 4.39 Å². The lowest BCUT2D eigenvalue weighted by Gasteiger charge is -2.37. The summed E-state index contributed by atoms with van der Waals surface area (Å²) in [6.45, 7) is 2.23. The molecule has 0 N–H and O–H groups in total. The van der Waals surface area contributed by atoms with Crippen molar-refractivity contribution in [2.45, 2.75) is 25.7 Å². The average molecular weight is 402 g/mol. The van der Waals surface area contributed by atoms with Gasteiger partial charge in [-0.05, 0) is 54.4 Å². The minimum Gasteiger partial charge on any atom is -0.348 e. The number of rotatable bonds is 2. The smallest absolute Gasteiger partial charge is 0.348 e. The molecule has 2 heterocycles. The van der Waals surface area contributed by atoms with Crippen molar-refractivity contribution in [3.8, 4) is 0 Å². The monoisotopic (exact) mass is 402 g/mol. The van der Waals surface area contributed by atoms with Crippen LogP contribution in [0, 0.1) is 12.7 Å². The Kier molecular flexibility index (Phi) is 4.68. The van der Waals surface area contributed by atoms with Crippen molar-refractivity contribution in [1.82, 2.24) is 9.47 Å². The van der Waals surface area contributed by atoms with Gasteiger partial charge < -0.3 is 9.47 Å². The number of carbonyl (C=O) groups excluding carboxylic acids is 1. The second-order valence-electron chi connectivity index (χ2n) is 7.11. The molecular weight excluding hydrogens is 384 g/mol. The lowest BCUT2D eigenvalue weighted by molar-refractivity contribution is -0.138. The van der Waals surface area contributed by atoms with Gasteiger partial charge in [-0.3, -0.25) is 4.79 Å². The molecule has 4 rings (SSSR count). The first kappa shape index (κ1) is 19.2. The zero-order valence-corrected chi connectivity index (χ0v) is 15.6. The molecule has 1 aliphatic rings. The van der Waals surface area contributed by atoms with Crippen molar-refractivity contribution in [3.05, 3.63) is 94.6 Å². The summed E-state index contributed by atoms with van der Waals surface area (Å²) in [6.07, 6.45) is -2.64. The summed E-state index contributed by atoms with van der Waals surface area (Å²) in [4.78, 5) is 14.8. The van der Waals surface area contributed by atoms with E-state index in [0.717, 1.165) is 11.8 Å². The molecule has 29 heavy (non-hydrogen) atoms. The number of hydrogen-bond donors (Lipinski definition) is 0. The van der Waals surface area contributed by atoms with Crippen molar-refractivity contribution < 1.29 is 22.4 Å². The number of halogens is 4. The van der Waals surface area contributed by atoms with Crippen LogP contribution in [-0.2, 0) is 12.7 Å². The summed E-state index contributed by atoms with van der Waals surface area (Å²) in [5.41, 5.74) is 0.760. The third-order valence-corrected chi connectivity index (χ3v) is 5.27. The zero-order chi connectivity index (χ0) is 20.8. The fourth-order valence-corrected chi connectivity index (χ4v) is 3.82. The fourth-order valence-electron chi connectivity index (χ4n) is 3.82. The first-order chi connectivity index (χ1) is 13.8. The molecule has 1 aromatic heterocycles. The van der Waals surface area contributed by atoms with Crippen LogP contribution >= 0.6 is 0 Å². The Balaban J connectivity index is 1.77. The van der Waals surface area contributed by atoms with Gasteiger partial charge >= 0.3 is 6.18 Å². The van der Waals surface area contributed by atoms with Crippen LogP contribution in [0.4, 0.5) is 17.6 Å². The van der Waals surface area contributed by atoms with E-state index in [9.17, 15) is 22.4 Å². The number of aromatic nitrogens is 1. The average Bonchev–Trinajstić information content (AvgIpc) is 3.16. The Labute approximate surface area is 165 Å². The summed E-state index contributed by atoms with van der Waals surface area (Å²) in [7, 11) is 0. The predicted octanol–water partition coefficient (Wildman–Crippen LogP) is 5.20. The van der Waals surface area contributed by atoms with E-state index in [0.29, 0.717) is 18.7 Å². The summed E-state index contributed by atoms with van der Waals surface area (Å²) < 4.78 is 55.3. The van der Waals surface area contributed by atoms with Gasteiger partial charge in [0.05, 0.1) is 11.6 Å². The molecule has 0 spiro atoms. The number of amides is 1. The highest BCUT2D eigenvalue weighted by atomic mass is 19.4. The van der Waals surface area contributed by atoms with E-state index in [1.807, 2.05) is 22.9 Å². The molecule has 0 fully saturated rings. The molecule has 7 heteroatoms. The van der Waals surface area contributed by atoms with E-state index in [4.69, 9.17) is 0 Å². The fraction of sp³-hybridized carbons (Fsp3) is 0.227. The van der Waals surface area contributed by atoms with Crippen LogP contribution in [0.2, 0.25) is 0 Å². The van der Waals surface area contributed by atoms with Crippen LogP contribution in [0.3, 0.4) is 0 Å². The van der Waals surface area contributed by atoms with Crippen LogP contribution in [0.15, 0.2) is 60.8 Å². The third kappa shape index (κ3) is 3.52. The number of hydrogen-bond acceptors (Lipinski definition) is 1. The largest absolute Gasteiger partial charge is 0.416 e. The first-order valence-corrected chi connectivity index (χ1v) is 9.15. The molecule has 3 aromatic rings. The van der Waals surface area contributed by atoms with Crippen molar-refractivity contribution >= 4 is 5.91 Å². The standard InChI is InChI=1S/C22H18F4N2O/c1-14-4-5-16(13-18(14)22(24,25)26)21(29)28-12-11-27-10-2-3-19(27)20(28)15-6-8-17(23)9-7-15/h2-10,13,20H,11-12H2,1H3/t20-/m0/s1. The number of carbonyl (C=O) groups is 1. The Morgan fingerprint density at radius 1 is 1.03 bits per heavy atom. The molecule has 0 bridgehead atoms. The molecule has 1 atom stereocenters. The van der Waals surface area contributed by atoms with E-state index in [2.05, 4.69) is 0 Å². The van der Waals surface area contributed by atoms with Gasteiger partial charge in [-0.15, -0.1) is 0 Å². The minimum absolute atomic E-state index is 0.0185. The summed E-state index contributed by atoms with van der Waals surface area (Å²) in [5.74, 6) is -0.886. The molecule has 0 radical (unpaired) electrons. The molecule has 0 unspecified atom stereocenters. The van der Waals surface area contributed by atoms with Crippen LogP contribution in [0.25, 0.3) is 0 Å². The molecule has 2 aromatic carbocycles. The van der Waals surface area contributed by atoms with Crippen LogP contribution in [0.1, 0.15) is 38.8 Å². The highest BCUT2D eigenvalue weighted by Gasteiger charge is 2.36. The van der Waals surface area contributed by atoms with E-state index < -0.39 is 29.5 Å². The van der Waals surface area contributed by atoms with Crippen LogP contribution in [-0.4, -0.2) is 21.9 Å². The Hall–Kier alpha value is -3.09. The summed E-state index contributed by atoms with van der Waals surface area (Å²) >= 11 is 0. The predicted molar refractivity (Wildman–Crippen MR) is 99.9 cm³/mol. The van der Waals surface area contributed by atoms with Gasteiger partial charge in [0.2, 0.25) is 0 Å². The SMILES string of the molecule is Cc1ccc(C(=O)N2CCn3cccc3[C@@H]2c2ccc(F)cc2)cc1C(F)(F)F. The molecular formula is C22H18F4N2O. The molecule has 0 saturated heterocycles. The van der Waals surface area contributed by atoms with Crippen molar-refractivity contribution in [3.63, 3.8) is 0 Å². The maximum atomic E-state index is 13.4. The number of alkyl halides is 3. The maximum absolute atomic E-state index is 13.4. The molecule has 0 saturated carbocycles. The van der Waals surface area contributed by atoms with Crippen LogP contribution < -0.4 is 0 Å². The quantitative estimate of drug-likeness (QED) is 0.541. The van der Waals surface area contributed by atoms with Gasteiger partial charge in [0.25, 0.3) is 5.91 Å². The Morgan fingerprint density at radius 3 is 2.45 bits per heavy atom. The van der Waals surface area contributed by atoms with Gasteiger partial charge in [-0.2, -0.15) is 13.2 Å². The number of benzene rings is 2. The number of fused-ring (bicyclic) bond motifs is 1. The highest BCUT2D eigenvalue weighted by molar-refractivity contribution is 5.95. The van der Waals surface area contributed by atoms with E-state index >= 15 is 0 Å². The van der Waals surface area contributed by atoms with Gasteiger partial charge in [0, 0.05) is 30.5 Å². The molecule has 3 nitrogen and oxygen atoms in total. The van der Waals surface area contributed by atoms with Gasteiger partial charge in [0.15, 0.2) is 0 Å². The van der Waals surface area contributed by atoms with Crippen LogP contribution in [0.5, 0.6) is 0 Å². The lowest BCUT2D eigenvalue weighted by atomic mass is 9.97. The topological polar surface area (TPSA) is 25.2 Å². The van der Waals surface area contributed by atoms with E-state index in [-0.39, 0.29) is 11.1 Å². The maximum Gasteiger partial charge on any atom is 0.416 e. The van der Waals surface area contributed by atoms with E-state index in [1.54, 1.807) is 17.0 Å². The van der Waals surface area contributed by atoms with Crippen molar-refractivity contribution in [2.24, 2.45) is 0 Å². The number of aryl methyl sites for hydroxylation is 1. The molecule has 0 aliphatic carbocycles. The Bertz CT molecular complexity index is 1050. The van der Waals surface area contributed by atoms with Gasteiger partial charge in [-0.1, -0.05) is 18.2 Å². The Morgan fingerprint density at radius 2 is 1.76 bits per heavy atom. The number of nitrogens with zero attached hydrogens (tertiary/aromatic N) is 2. The molecule has 150 valence electrons. The normalized spacial score (nSPS) is 16.6. The second-order valence-corrected chi connectivity index (χ2v) is 7.11. The zero-order valence-electron chi connectivity index (χ0n) is 15.6. The lowest BCUT2D eigenvalue weighted by Crippen LogP contribution is -2.42. The minimum atomic E-state index is -4.53. The molecule has 1 aliphatic heterocycles. The van der Waals surface area contributed by atoms with Gasteiger partial charge in [0.1, 0.15) is 5.82 Å². The second kappa shape index (κ2) is 7.06. The van der Waals surface area contributed by atoms with Crippen molar-refractivity contribution in [1.29, 1.82) is 0 Å². The molecule has 1 amide bonds. The third-order valence-electron chi connectivity index (χ3n) is 5.27. The first-order valence-electron chi connectivity index (χ1n) is 9.15. The summed E-state index contributed by atoms with van der Waals surface area (Å²) in [6, 6.07) is 12.7. The highest BCUT2D eigenvalue weighted by Crippen LogP contribution is 2.36.